The average Bonchev–Trinajstić information content (AvgIpc) is 1.49. The zero-order chi connectivity index (χ0) is 93.5. The zero-order valence-electron chi connectivity index (χ0n) is 81.2. The first-order valence-electron chi connectivity index (χ1n) is 50.6. The van der Waals surface area contributed by atoms with Crippen LogP contribution in [0, 0.1) is 118 Å². The summed E-state index contributed by atoms with van der Waals surface area (Å²) in [5.74, 6) is 5.40. The van der Waals surface area contributed by atoms with Crippen molar-refractivity contribution in [3.05, 3.63) is 18.2 Å². The summed E-state index contributed by atoms with van der Waals surface area (Å²) >= 11 is 0. The van der Waals surface area contributed by atoms with Crippen molar-refractivity contribution < 1.29 is 131 Å². The molecule has 0 aromatic carbocycles. The predicted octanol–water partition coefficient (Wildman–Crippen LogP) is 13.9. The number of aliphatic hydroxyl groups excluding tert-OH is 4. The van der Waals surface area contributed by atoms with E-state index in [1.165, 1.54) is 12.8 Å². The third-order valence-electron chi connectivity index (χ3n) is 35.6. The van der Waals surface area contributed by atoms with Crippen molar-refractivity contribution in [1.29, 1.82) is 0 Å². The standard InChI is InChI=1S/C22H31N3O5.C21H33NO9.C20H31NO5.C18H29NO4.C17H27NO4/c1-12-5-6-17-13(2)19(25-18(14(3)26)9-15-10-23-11-24-15)27-20-22(17)16(12)7-8-21(4,28-20)29-30-22;1-9-4-5-12-10(2)17(22-14-16(25)15(24)13(8-23)27-18(14)26)28-19-21(12)11(9)6-7-20(3,29-19)30-31-21;1-5-6-14(22)11-21-17-13(3)16-8-7-12(2)15-9-10-19(4)24-18(23-17)20(15,16)26-25-19;1-5-10-19-15-12(3)14-7-6-11(2)13-8-9-17(4)21-16(20-15)18(13,14)23-22-17;1-5-18-14-11(3)13-7-6-10(2)12-8-9-16(4)20-15(19-14)17(12,13)22-21-16/h10-13,16-18,20H,5-9H2,1-4H3,(H,23,24);9-16,18-19,23-26H,4-8H2,1-3H3;12-13,15-16,18H,5-11H2,1-4H3;11-14,16H,5-10H2,1-4H3;10-13,15H,5-9H2,1-4H3/t;9-,10?,11?,12?,13?,14?,15?,16?,18?,19?,20?,21?;;;/m.1.../s1. The predicted molar refractivity (Wildman–Crippen MR) is 473 cm³/mol. The maximum absolute atomic E-state index is 12.3. The van der Waals surface area contributed by atoms with Gasteiger partial charge >= 0.3 is 0 Å². The number of Topliss-reactive ketones (excluding diaryl/α,β-unsaturated/α-hetero) is 2. The Kier molecular flexibility index (Phi) is 27.5. The second-order valence-corrected chi connectivity index (χ2v) is 44.1. The summed E-state index contributed by atoms with van der Waals surface area (Å²) in [5.41, 5.74) is -2.01. The topological polar surface area (TPSA) is 399 Å². The number of aromatic amines is 1. The first kappa shape index (κ1) is 97.3. The van der Waals surface area contributed by atoms with Crippen molar-refractivity contribution in [2.24, 2.45) is 143 Å². The van der Waals surface area contributed by atoms with E-state index in [2.05, 4.69) is 94.2 Å². The molecule has 21 aliphatic heterocycles. The van der Waals surface area contributed by atoms with Crippen LogP contribution in [0.4, 0.5) is 0 Å². The van der Waals surface area contributed by atoms with Crippen LogP contribution in [0.15, 0.2) is 37.5 Å². The number of aliphatic imine (C=N–C) groups is 5. The van der Waals surface area contributed by atoms with E-state index in [0.717, 1.165) is 153 Å². The van der Waals surface area contributed by atoms with Crippen LogP contribution in [0.2, 0.25) is 0 Å². The highest BCUT2D eigenvalue weighted by atomic mass is 17.3. The zero-order valence-corrected chi connectivity index (χ0v) is 81.2. The summed E-state index contributed by atoms with van der Waals surface area (Å²) in [7, 11) is 0. The first-order valence-corrected chi connectivity index (χ1v) is 50.6. The van der Waals surface area contributed by atoms with Crippen molar-refractivity contribution in [3.8, 4) is 0 Å². The van der Waals surface area contributed by atoms with Gasteiger partial charge in [-0.2, -0.15) is 0 Å². The quantitative estimate of drug-likeness (QED) is 0.115. The molecule has 34 heteroatoms. The number of hydrogen-bond donors (Lipinski definition) is 5. The van der Waals surface area contributed by atoms with E-state index in [0.29, 0.717) is 102 Å². The summed E-state index contributed by atoms with van der Waals surface area (Å²) in [6.07, 6.45) is 18.2. The molecule has 5 aliphatic carbocycles. The fourth-order valence-corrected chi connectivity index (χ4v) is 28.0. The highest BCUT2D eigenvalue weighted by molar-refractivity contribution is 5.88. The Morgan fingerprint density at radius 2 is 0.773 bits per heavy atom. The van der Waals surface area contributed by atoms with Crippen molar-refractivity contribution in [2.75, 3.05) is 26.2 Å². The van der Waals surface area contributed by atoms with Crippen LogP contribution < -0.4 is 0 Å². The van der Waals surface area contributed by atoms with Crippen LogP contribution >= 0.6 is 0 Å². The van der Waals surface area contributed by atoms with Crippen molar-refractivity contribution in [3.63, 3.8) is 0 Å². The molecule has 0 amide bonds. The lowest BCUT2D eigenvalue weighted by atomic mass is 9.58. The first-order chi connectivity index (χ1) is 62.9. The molecule has 132 heavy (non-hydrogen) atoms. The Bertz CT molecular complexity index is 4430. The number of nitrogens with zero attached hydrogens (tertiary/aromatic N) is 6. The lowest BCUT2D eigenvalue weighted by Crippen LogP contribution is -2.70. The molecule has 5 saturated carbocycles. The van der Waals surface area contributed by atoms with E-state index in [9.17, 15) is 30.0 Å². The summed E-state index contributed by atoms with van der Waals surface area (Å²) in [6.45, 7) is 40.7. The number of nitrogens with one attached hydrogen (secondary N) is 1. The fraction of sp³-hybridized carbons (Fsp3) is 0.898. The van der Waals surface area contributed by atoms with Crippen LogP contribution in [0.3, 0.4) is 0 Å². The number of fused-ring (bicyclic) bond motifs is 10. The Morgan fingerprint density at radius 3 is 1.11 bits per heavy atom. The van der Waals surface area contributed by atoms with Gasteiger partial charge in [0.15, 0.2) is 75.4 Å². The number of carbonyl (C=O) groups is 2. The van der Waals surface area contributed by atoms with Gasteiger partial charge in [-0.05, 0) is 187 Å². The number of carbonyl (C=O) groups excluding carboxylic acids is 2. The van der Waals surface area contributed by atoms with Crippen LogP contribution in [0.5, 0.6) is 0 Å². The minimum Gasteiger partial charge on any atom is -0.448 e. The molecule has 5 spiro atoms. The Hall–Kier alpha value is -4.90. The molecule has 21 saturated heterocycles. The molecule has 1 aromatic heterocycles. The van der Waals surface area contributed by atoms with Gasteiger partial charge in [0.1, 0.15) is 36.9 Å². The maximum atomic E-state index is 12.3. The number of hydrogen-bond acceptors (Lipinski definition) is 33. The van der Waals surface area contributed by atoms with Crippen LogP contribution in [0.25, 0.3) is 0 Å². The van der Waals surface area contributed by atoms with Gasteiger partial charge in [-0.1, -0.05) is 83.1 Å². The second-order valence-electron chi connectivity index (χ2n) is 44.1. The van der Waals surface area contributed by atoms with E-state index < -0.39 is 132 Å². The highest BCUT2D eigenvalue weighted by Crippen LogP contribution is 2.67. The van der Waals surface area contributed by atoms with Gasteiger partial charge in [0.2, 0.25) is 60.4 Å². The number of ether oxygens (including phenoxy) is 11. The Balaban J connectivity index is 0.000000111. The van der Waals surface area contributed by atoms with Gasteiger partial charge in [-0.3, -0.25) is 19.6 Å². The van der Waals surface area contributed by atoms with Crippen LogP contribution in [-0.2, 0) is 117 Å². The molecular weight excluding hydrogens is 1710 g/mol. The monoisotopic (exact) mass is 1860 g/mol. The summed E-state index contributed by atoms with van der Waals surface area (Å²) in [6, 6.07) is -1.68. The van der Waals surface area contributed by atoms with Gasteiger partial charge < -0.3 is 77.5 Å². The van der Waals surface area contributed by atoms with E-state index >= 15 is 0 Å². The number of ketones is 2. The summed E-state index contributed by atoms with van der Waals surface area (Å²) in [5, 5.41) is 40.4. The summed E-state index contributed by atoms with van der Waals surface area (Å²) in [4.78, 5) is 114. The number of aliphatic hydroxyl groups is 4. The normalized spacial score (nSPS) is 51.9. The molecule has 26 fully saturated rings. The third kappa shape index (κ3) is 16.7. The number of H-pyrrole nitrogens is 1. The molecule has 34 nitrogen and oxygen atoms in total. The molecular formula is C98H151N7O27. The van der Waals surface area contributed by atoms with Gasteiger partial charge in [0.05, 0.1) is 12.9 Å². The second kappa shape index (κ2) is 37.3. The average molecular weight is 1860 g/mol. The van der Waals surface area contributed by atoms with Gasteiger partial charge in [0, 0.05) is 159 Å². The van der Waals surface area contributed by atoms with Gasteiger partial charge in [-0.15, -0.1) is 0 Å². The lowest BCUT2D eigenvalue weighted by molar-refractivity contribution is -0.557. The maximum Gasteiger partial charge on any atom is 0.237 e. The minimum atomic E-state index is -1.49. The molecule has 5 N–H and O–H groups in total. The molecule has 27 rings (SSSR count). The SMILES string of the molecule is CC(=O)C(Cc1cnc[nH]1)N=C1OC2OC3(C)CCC4C(C)CCC(C1C)C24OO3.CC1C(=NC2C(O)OC(CO)C(O)C2O)OC2OC3(C)CCC4[C@H](C)CCC1C24OO3.CCCC(=O)CN=C1OC2OC3(C)CCC4C(C)CCC(C1C)C24OO3.CCCN=C1OC2OC3(C)CCC4C(C)CCC(C1C)C24OO3.CCN=C1OC2OC3(C)CCC4C(C)CCC(C1C)C24OO3. The van der Waals surface area contributed by atoms with Crippen molar-refractivity contribution in [1.82, 2.24) is 9.97 Å². The largest absolute Gasteiger partial charge is 0.448 e. The highest BCUT2D eigenvalue weighted by Gasteiger charge is 2.76. The van der Waals surface area contributed by atoms with Crippen LogP contribution in [-0.4, -0.2) is 223 Å². The fourth-order valence-electron chi connectivity index (χ4n) is 28.0. The molecule has 740 valence electrons. The van der Waals surface area contributed by atoms with Gasteiger partial charge in [-0.25, -0.2) is 68.8 Å². The van der Waals surface area contributed by atoms with Crippen molar-refractivity contribution in [2.45, 2.75) is 411 Å². The Labute approximate surface area is 776 Å². The molecule has 10 bridgehead atoms. The van der Waals surface area contributed by atoms with E-state index in [-0.39, 0.29) is 71.4 Å². The summed E-state index contributed by atoms with van der Waals surface area (Å²) < 4.78 is 68.1. The number of rotatable bonds is 13. The van der Waals surface area contributed by atoms with Gasteiger partial charge in [0.25, 0.3) is 0 Å². The lowest BCUT2D eigenvalue weighted by Gasteiger charge is -2.58. The number of imidazole rings is 1. The molecule has 22 heterocycles. The van der Waals surface area contributed by atoms with Crippen molar-refractivity contribution >= 4 is 41.1 Å². The third-order valence-corrected chi connectivity index (χ3v) is 35.6. The van der Waals surface area contributed by atoms with E-state index in [1.54, 1.807) is 19.4 Å². The molecule has 41 atom stereocenters. The molecule has 40 unspecified atom stereocenters. The minimum absolute atomic E-state index is 0.00168. The molecule has 26 aliphatic rings. The molecule has 1 aromatic rings. The number of aromatic nitrogens is 2. The van der Waals surface area contributed by atoms with E-state index in [4.69, 9.17) is 111 Å². The smallest absolute Gasteiger partial charge is 0.237 e. The van der Waals surface area contributed by atoms with E-state index in [1.807, 2.05) is 55.4 Å². The molecule has 0 radical (unpaired) electrons. The Morgan fingerprint density at radius 1 is 0.432 bits per heavy atom. The van der Waals surface area contributed by atoms with Crippen LogP contribution in [0.1, 0.15) is 285 Å².